The van der Waals surface area contributed by atoms with Crippen LogP contribution in [0.1, 0.15) is 4.88 Å². The molecule has 4 nitrogen and oxygen atoms in total. The fraction of sp³-hybridized carbons (Fsp3) is 0.385. The summed E-state index contributed by atoms with van der Waals surface area (Å²) >= 11 is 0.699. The molecule has 0 N–H and O–H groups in total. The minimum Gasteiger partial charge on any atom is -0.353 e. The van der Waals surface area contributed by atoms with Crippen molar-refractivity contribution in [3.8, 4) is 0 Å². The van der Waals surface area contributed by atoms with Gasteiger partial charge in [-0.15, -0.1) is 0 Å². The van der Waals surface area contributed by atoms with Crippen molar-refractivity contribution in [3.05, 3.63) is 35.5 Å². The molecule has 1 fully saturated rings. The maximum absolute atomic E-state index is 12.6. The fourth-order valence-corrected chi connectivity index (χ4v) is 3.04. The monoisotopic (exact) mass is 314 g/mol. The van der Waals surface area contributed by atoms with Gasteiger partial charge in [0.05, 0.1) is 6.20 Å². The lowest BCUT2D eigenvalue weighted by molar-refractivity contribution is -0.134. The Kier molecular flexibility index (Phi) is 3.71. The lowest BCUT2D eigenvalue weighted by Gasteiger charge is -2.35. The number of hydrogen-bond acceptors (Lipinski definition) is 5. The molecule has 1 aliphatic rings. The van der Waals surface area contributed by atoms with E-state index in [0.717, 1.165) is 25.1 Å². The lowest BCUT2D eigenvalue weighted by atomic mass is 10.3. The third-order valence-corrected chi connectivity index (χ3v) is 4.40. The van der Waals surface area contributed by atoms with Crippen molar-refractivity contribution in [1.82, 2.24) is 9.97 Å². The normalized spacial score (nSPS) is 16.3. The van der Waals surface area contributed by atoms with Gasteiger partial charge in [-0.1, -0.05) is 17.4 Å². The van der Waals surface area contributed by atoms with Crippen LogP contribution in [0.3, 0.4) is 0 Å². The molecule has 8 heteroatoms. The SMILES string of the molecule is FC(F)(F)c1cnc(N2CCN(c3ccccn3)CC2)s1. The molecule has 3 heterocycles. The van der Waals surface area contributed by atoms with Gasteiger partial charge in [0.25, 0.3) is 0 Å². The first kappa shape index (κ1) is 14.1. The first-order valence-corrected chi connectivity index (χ1v) is 7.29. The second kappa shape index (κ2) is 5.51. The number of pyridine rings is 1. The van der Waals surface area contributed by atoms with Crippen LogP contribution in [0, 0.1) is 0 Å². The molecule has 0 amide bonds. The molecule has 112 valence electrons. The molecular weight excluding hydrogens is 301 g/mol. The Labute approximate surface area is 123 Å². The van der Waals surface area contributed by atoms with Crippen molar-refractivity contribution < 1.29 is 13.2 Å². The molecule has 0 aromatic carbocycles. The molecule has 0 bridgehead atoms. The summed E-state index contributed by atoms with van der Waals surface area (Å²) < 4.78 is 37.8. The van der Waals surface area contributed by atoms with Gasteiger partial charge in [-0.05, 0) is 12.1 Å². The van der Waals surface area contributed by atoms with Gasteiger partial charge in [0.2, 0.25) is 0 Å². The van der Waals surface area contributed by atoms with Gasteiger partial charge >= 0.3 is 6.18 Å². The maximum Gasteiger partial charge on any atom is 0.427 e. The average Bonchev–Trinajstić information content (AvgIpc) is 2.98. The van der Waals surface area contributed by atoms with E-state index in [-0.39, 0.29) is 0 Å². The van der Waals surface area contributed by atoms with Crippen molar-refractivity contribution in [1.29, 1.82) is 0 Å². The summed E-state index contributed by atoms with van der Waals surface area (Å²) in [5, 5.41) is 0.433. The van der Waals surface area contributed by atoms with E-state index in [1.807, 2.05) is 23.1 Å². The van der Waals surface area contributed by atoms with Gasteiger partial charge in [0.15, 0.2) is 5.13 Å². The Balaban J connectivity index is 1.65. The van der Waals surface area contributed by atoms with E-state index in [4.69, 9.17) is 0 Å². The highest BCUT2D eigenvalue weighted by molar-refractivity contribution is 7.15. The van der Waals surface area contributed by atoms with Gasteiger partial charge in [0, 0.05) is 32.4 Å². The van der Waals surface area contributed by atoms with Crippen LogP contribution >= 0.6 is 11.3 Å². The number of rotatable bonds is 2. The Morgan fingerprint density at radius 2 is 1.71 bits per heavy atom. The number of nitrogens with zero attached hydrogens (tertiary/aromatic N) is 4. The molecule has 21 heavy (non-hydrogen) atoms. The van der Waals surface area contributed by atoms with E-state index >= 15 is 0 Å². The number of halogens is 3. The highest BCUT2D eigenvalue weighted by atomic mass is 32.1. The van der Waals surface area contributed by atoms with Crippen LogP contribution in [-0.2, 0) is 6.18 Å². The Bertz CT molecular complexity index is 591. The second-order valence-corrected chi connectivity index (χ2v) is 5.68. The van der Waals surface area contributed by atoms with Crippen molar-refractivity contribution in [2.75, 3.05) is 36.0 Å². The summed E-state index contributed by atoms with van der Waals surface area (Å²) in [5.41, 5.74) is 0. The first-order chi connectivity index (χ1) is 10.0. The summed E-state index contributed by atoms with van der Waals surface area (Å²) in [6, 6.07) is 5.71. The van der Waals surface area contributed by atoms with E-state index in [9.17, 15) is 13.2 Å². The number of thiazole rings is 1. The molecule has 0 aliphatic carbocycles. The minimum atomic E-state index is -4.31. The van der Waals surface area contributed by atoms with Crippen LogP contribution < -0.4 is 9.80 Å². The largest absolute Gasteiger partial charge is 0.427 e. The predicted molar refractivity (Wildman–Crippen MR) is 75.8 cm³/mol. The summed E-state index contributed by atoms with van der Waals surface area (Å²) in [4.78, 5) is 11.5. The Hall–Kier alpha value is -1.83. The zero-order valence-corrected chi connectivity index (χ0v) is 11.9. The Morgan fingerprint density at radius 1 is 1.00 bits per heavy atom. The summed E-state index contributed by atoms with van der Waals surface area (Å²) in [5.74, 6) is 0.896. The van der Waals surface area contributed by atoms with E-state index in [0.29, 0.717) is 29.6 Å². The van der Waals surface area contributed by atoms with Crippen molar-refractivity contribution in [2.45, 2.75) is 6.18 Å². The molecule has 1 saturated heterocycles. The van der Waals surface area contributed by atoms with Gasteiger partial charge in [-0.25, -0.2) is 9.97 Å². The molecule has 2 aromatic rings. The zero-order chi connectivity index (χ0) is 14.9. The lowest BCUT2D eigenvalue weighted by Crippen LogP contribution is -2.46. The molecule has 0 radical (unpaired) electrons. The predicted octanol–water partition coefficient (Wildman–Crippen LogP) is 2.88. The van der Waals surface area contributed by atoms with E-state index in [1.54, 1.807) is 6.20 Å². The van der Waals surface area contributed by atoms with Crippen LogP contribution in [0.2, 0.25) is 0 Å². The van der Waals surface area contributed by atoms with E-state index in [1.165, 1.54) is 0 Å². The van der Waals surface area contributed by atoms with Crippen molar-refractivity contribution >= 4 is 22.3 Å². The van der Waals surface area contributed by atoms with Crippen molar-refractivity contribution in [3.63, 3.8) is 0 Å². The summed E-state index contributed by atoms with van der Waals surface area (Å²) in [7, 11) is 0. The van der Waals surface area contributed by atoms with Crippen LogP contribution in [0.4, 0.5) is 24.1 Å². The average molecular weight is 314 g/mol. The molecule has 1 aliphatic heterocycles. The molecule has 0 unspecified atom stereocenters. The van der Waals surface area contributed by atoms with Gasteiger partial charge in [-0.3, -0.25) is 0 Å². The topological polar surface area (TPSA) is 32.3 Å². The molecular formula is C13H13F3N4S. The molecule has 0 spiro atoms. The standard InChI is InChI=1S/C13H13F3N4S/c14-13(15,16)10-9-18-12(21-10)20-7-5-19(6-8-20)11-3-1-2-4-17-11/h1-4,9H,5-8H2. The van der Waals surface area contributed by atoms with Gasteiger partial charge in [-0.2, -0.15) is 13.2 Å². The second-order valence-electron chi connectivity index (χ2n) is 4.67. The highest BCUT2D eigenvalue weighted by Gasteiger charge is 2.34. The van der Waals surface area contributed by atoms with Crippen molar-refractivity contribution in [2.24, 2.45) is 0 Å². The number of piperazine rings is 1. The third-order valence-electron chi connectivity index (χ3n) is 3.30. The smallest absolute Gasteiger partial charge is 0.353 e. The molecule has 0 atom stereocenters. The molecule has 0 saturated carbocycles. The van der Waals surface area contributed by atoms with E-state index in [2.05, 4.69) is 14.9 Å². The van der Waals surface area contributed by atoms with Crippen LogP contribution in [-0.4, -0.2) is 36.1 Å². The van der Waals surface area contributed by atoms with Crippen LogP contribution in [0.25, 0.3) is 0 Å². The third kappa shape index (κ3) is 3.10. The van der Waals surface area contributed by atoms with Gasteiger partial charge in [0.1, 0.15) is 10.7 Å². The number of hydrogen-bond donors (Lipinski definition) is 0. The quantitative estimate of drug-likeness (QED) is 0.853. The van der Waals surface area contributed by atoms with E-state index < -0.39 is 11.1 Å². The Morgan fingerprint density at radius 3 is 2.29 bits per heavy atom. The van der Waals surface area contributed by atoms with Gasteiger partial charge < -0.3 is 9.80 Å². The summed E-state index contributed by atoms with van der Waals surface area (Å²) in [6.45, 7) is 2.72. The minimum absolute atomic E-state index is 0.433. The molecule has 2 aromatic heterocycles. The maximum atomic E-state index is 12.6. The number of anilines is 2. The van der Waals surface area contributed by atoms with Crippen LogP contribution in [0.5, 0.6) is 0 Å². The number of alkyl halides is 3. The first-order valence-electron chi connectivity index (χ1n) is 6.48. The zero-order valence-electron chi connectivity index (χ0n) is 11.0. The molecule has 3 rings (SSSR count). The fourth-order valence-electron chi connectivity index (χ4n) is 2.21. The number of aromatic nitrogens is 2. The summed E-state index contributed by atoms with van der Waals surface area (Å²) in [6.07, 6.45) is -1.67. The van der Waals surface area contributed by atoms with Crippen LogP contribution in [0.15, 0.2) is 30.6 Å². The highest BCUT2D eigenvalue weighted by Crippen LogP contribution is 2.36.